The molecule has 1 aliphatic heterocycles. The molecule has 148 valence electrons. The first-order valence-electron chi connectivity index (χ1n) is 9.41. The zero-order chi connectivity index (χ0) is 20.1. The molecule has 1 N–H and O–H groups in total. The highest BCUT2D eigenvalue weighted by molar-refractivity contribution is 5.90. The second-order valence-electron chi connectivity index (χ2n) is 7.73. The van der Waals surface area contributed by atoms with E-state index in [4.69, 9.17) is 9.47 Å². The molecule has 0 aromatic heterocycles. The minimum Gasteiger partial charge on any atom is -0.462 e. The normalized spacial score (nSPS) is 28.7. The highest BCUT2D eigenvalue weighted by atomic mass is 16.5. The summed E-state index contributed by atoms with van der Waals surface area (Å²) in [7, 11) is 0. The Kier molecular flexibility index (Phi) is 7.19. The van der Waals surface area contributed by atoms with Gasteiger partial charge in [-0.05, 0) is 45.8 Å². The van der Waals surface area contributed by atoms with E-state index in [1.165, 1.54) is 6.92 Å². The summed E-state index contributed by atoms with van der Waals surface area (Å²) >= 11 is 0. The largest absolute Gasteiger partial charge is 0.462 e. The van der Waals surface area contributed by atoms with Crippen LogP contribution in [0.5, 0.6) is 0 Å². The second-order valence-corrected chi connectivity index (χ2v) is 7.73. The maximum Gasteiger partial charge on any atom is 0.334 e. The zero-order valence-electron chi connectivity index (χ0n) is 16.7. The van der Waals surface area contributed by atoms with Crippen molar-refractivity contribution in [2.75, 3.05) is 6.61 Å². The molecule has 0 saturated carbocycles. The van der Waals surface area contributed by atoms with Crippen molar-refractivity contribution in [1.29, 1.82) is 0 Å². The quantitative estimate of drug-likeness (QED) is 0.464. The van der Waals surface area contributed by atoms with Gasteiger partial charge in [-0.15, -0.1) is 0 Å². The number of aliphatic hydroxyl groups excluding tert-OH is 1. The minimum atomic E-state index is -0.831. The van der Waals surface area contributed by atoms with Crippen LogP contribution in [-0.4, -0.2) is 35.9 Å². The molecule has 1 saturated heterocycles. The predicted octanol–water partition coefficient (Wildman–Crippen LogP) is 3.65. The first-order chi connectivity index (χ1) is 12.7. The third-order valence-electron chi connectivity index (χ3n) is 4.99. The summed E-state index contributed by atoms with van der Waals surface area (Å²) in [6.07, 6.45) is 6.11. The van der Waals surface area contributed by atoms with E-state index in [9.17, 15) is 14.7 Å². The number of carbonyl (C=O) groups excluding carboxylic acids is 2. The zero-order valence-corrected chi connectivity index (χ0v) is 16.7. The molecule has 4 unspecified atom stereocenters. The highest BCUT2D eigenvalue weighted by Gasteiger charge is 2.38. The lowest BCUT2D eigenvalue weighted by Gasteiger charge is -2.34. The number of esters is 2. The maximum atomic E-state index is 12.4. The minimum absolute atomic E-state index is 0.0507. The van der Waals surface area contributed by atoms with Gasteiger partial charge in [0, 0.05) is 30.8 Å². The molecule has 0 spiro atoms. The number of carbonyl (C=O) groups is 2. The summed E-state index contributed by atoms with van der Waals surface area (Å²) in [5, 5.41) is 10.3. The molecule has 1 aliphatic carbocycles. The van der Waals surface area contributed by atoms with Gasteiger partial charge in [-0.1, -0.05) is 29.4 Å². The van der Waals surface area contributed by atoms with Gasteiger partial charge in [0.1, 0.15) is 6.10 Å². The van der Waals surface area contributed by atoms with E-state index in [1.807, 2.05) is 26.8 Å². The van der Waals surface area contributed by atoms with Crippen LogP contribution in [0.2, 0.25) is 0 Å². The molecule has 0 aromatic rings. The number of allylic oxidation sites excluding steroid dienone is 2. The van der Waals surface area contributed by atoms with Crippen molar-refractivity contribution in [2.45, 2.75) is 59.2 Å². The highest BCUT2D eigenvalue weighted by Crippen LogP contribution is 2.39. The van der Waals surface area contributed by atoms with Crippen LogP contribution in [0.3, 0.4) is 0 Å². The molecule has 5 heteroatoms. The van der Waals surface area contributed by atoms with Crippen LogP contribution >= 0.6 is 0 Å². The molecule has 1 heterocycles. The fraction of sp³-hybridized carbons (Fsp3) is 0.545. The number of fused-ring (bicyclic) bond motifs is 1. The first-order valence-corrected chi connectivity index (χ1v) is 9.41. The predicted molar refractivity (Wildman–Crippen MR) is 104 cm³/mol. The number of rotatable bonds is 3. The molecule has 1 fully saturated rings. The van der Waals surface area contributed by atoms with Crippen LogP contribution in [0.4, 0.5) is 0 Å². The van der Waals surface area contributed by atoms with Gasteiger partial charge in [0.25, 0.3) is 0 Å². The van der Waals surface area contributed by atoms with Crippen LogP contribution in [0.1, 0.15) is 47.0 Å². The Morgan fingerprint density at radius 1 is 1.37 bits per heavy atom. The number of hydrogen-bond donors (Lipinski definition) is 1. The Labute approximate surface area is 161 Å². The summed E-state index contributed by atoms with van der Waals surface area (Å²) < 4.78 is 10.8. The molecule has 0 radical (unpaired) electrons. The molecular weight excluding hydrogens is 344 g/mol. The van der Waals surface area contributed by atoms with Gasteiger partial charge in [-0.3, -0.25) is 4.79 Å². The number of ether oxygens (including phenoxy) is 2. The van der Waals surface area contributed by atoms with Crippen molar-refractivity contribution in [2.24, 2.45) is 11.8 Å². The standard InChI is InChI=1S/C22H30O5/c1-13(2)8-17(24)11-20-19-7-6-14(3)9-18(27-16(5)23)10-15(4)21(19)12-26-22(20)25/h8-9,11,17-19,21,24H,4,6-7,10,12H2,1-3,5H3. The molecular formula is C22H30O5. The molecule has 0 amide bonds. The molecule has 2 aliphatic rings. The fourth-order valence-electron chi connectivity index (χ4n) is 3.80. The monoisotopic (exact) mass is 374 g/mol. The van der Waals surface area contributed by atoms with Gasteiger partial charge in [-0.2, -0.15) is 0 Å². The molecule has 0 aromatic carbocycles. The van der Waals surface area contributed by atoms with Crippen LogP contribution < -0.4 is 0 Å². The van der Waals surface area contributed by atoms with Crippen LogP contribution in [-0.2, 0) is 19.1 Å². The summed E-state index contributed by atoms with van der Waals surface area (Å²) in [5.74, 6) is -0.820. The van der Waals surface area contributed by atoms with E-state index in [1.54, 1.807) is 12.2 Å². The SMILES string of the molecule is C=C1CC(OC(C)=O)C=C(C)CCC2C(=CC(O)C=C(C)C)C(=O)OCC12. The van der Waals surface area contributed by atoms with Crippen molar-refractivity contribution in [3.8, 4) is 0 Å². The molecule has 27 heavy (non-hydrogen) atoms. The molecule has 2 rings (SSSR count). The van der Waals surface area contributed by atoms with E-state index in [-0.39, 0.29) is 36.5 Å². The lowest BCUT2D eigenvalue weighted by Crippen LogP contribution is -2.35. The topological polar surface area (TPSA) is 72.8 Å². The maximum absolute atomic E-state index is 12.4. The van der Waals surface area contributed by atoms with Gasteiger partial charge in [0.05, 0.1) is 12.7 Å². The molecule has 4 atom stereocenters. The summed E-state index contributed by atoms with van der Waals surface area (Å²) in [6.45, 7) is 11.7. The van der Waals surface area contributed by atoms with E-state index in [2.05, 4.69) is 6.58 Å². The average molecular weight is 374 g/mol. The summed E-state index contributed by atoms with van der Waals surface area (Å²) in [4.78, 5) is 23.8. The van der Waals surface area contributed by atoms with E-state index >= 15 is 0 Å². The van der Waals surface area contributed by atoms with Crippen LogP contribution in [0.15, 0.2) is 47.1 Å². The van der Waals surface area contributed by atoms with Crippen LogP contribution in [0, 0.1) is 11.8 Å². The smallest absolute Gasteiger partial charge is 0.334 e. The summed E-state index contributed by atoms with van der Waals surface area (Å²) in [5.41, 5.74) is 3.49. The average Bonchev–Trinajstić information content (AvgIpc) is 2.58. The Morgan fingerprint density at radius 3 is 2.70 bits per heavy atom. The van der Waals surface area contributed by atoms with Crippen molar-refractivity contribution in [3.05, 3.63) is 47.1 Å². The number of cyclic esters (lactones) is 1. The Morgan fingerprint density at radius 2 is 2.07 bits per heavy atom. The second kappa shape index (κ2) is 9.18. The van der Waals surface area contributed by atoms with Gasteiger partial charge in [0.2, 0.25) is 0 Å². The summed E-state index contributed by atoms with van der Waals surface area (Å²) in [6, 6.07) is 0. The van der Waals surface area contributed by atoms with Crippen molar-refractivity contribution in [3.63, 3.8) is 0 Å². The fourth-order valence-corrected chi connectivity index (χ4v) is 3.80. The van der Waals surface area contributed by atoms with E-state index in [0.717, 1.165) is 29.6 Å². The number of hydrogen-bond acceptors (Lipinski definition) is 5. The number of aliphatic hydroxyl groups is 1. The Bertz CT molecular complexity index is 693. The Balaban J connectivity index is 2.34. The Hall–Kier alpha value is -2.14. The van der Waals surface area contributed by atoms with Gasteiger partial charge in [-0.25, -0.2) is 4.79 Å². The molecule has 5 nitrogen and oxygen atoms in total. The first kappa shape index (κ1) is 21.2. The van der Waals surface area contributed by atoms with Gasteiger partial charge >= 0.3 is 11.9 Å². The van der Waals surface area contributed by atoms with E-state index < -0.39 is 6.10 Å². The van der Waals surface area contributed by atoms with Gasteiger partial charge in [0.15, 0.2) is 0 Å². The van der Waals surface area contributed by atoms with Crippen LogP contribution in [0.25, 0.3) is 0 Å². The van der Waals surface area contributed by atoms with Crippen molar-refractivity contribution >= 4 is 11.9 Å². The molecule has 0 bridgehead atoms. The lowest BCUT2D eigenvalue weighted by molar-refractivity contribution is -0.145. The van der Waals surface area contributed by atoms with E-state index in [0.29, 0.717) is 12.0 Å². The third-order valence-corrected chi connectivity index (χ3v) is 4.99. The van der Waals surface area contributed by atoms with Crippen molar-refractivity contribution < 1.29 is 24.2 Å². The van der Waals surface area contributed by atoms with Gasteiger partial charge < -0.3 is 14.6 Å². The lowest BCUT2D eigenvalue weighted by atomic mass is 9.76. The third kappa shape index (κ3) is 5.93. The van der Waals surface area contributed by atoms with Crippen molar-refractivity contribution in [1.82, 2.24) is 0 Å².